The van der Waals surface area contributed by atoms with E-state index in [1.165, 1.54) is 11.1 Å². The fourth-order valence-corrected chi connectivity index (χ4v) is 2.40. The summed E-state index contributed by atoms with van der Waals surface area (Å²) in [5.41, 5.74) is 8.29. The first-order chi connectivity index (χ1) is 8.25. The fourth-order valence-electron chi connectivity index (χ4n) is 1.97. The summed E-state index contributed by atoms with van der Waals surface area (Å²) in [6.45, 7) is 1.23. The number of carbonyl (C=O) groups is 1. The lowest BCUT2D eigenvalue weighted by atomic mass is 10.1. The van der Waals surface area contributed by atoms with Gasteiger partial charge >= 0.3 is 0 Å². The first-order valence-electron chi connectivity index (χ1n) is 5.19. The molecule has 0 fully saturated rings. The highest BCUT2D eigenvalue weighted by Crippen LogP contribution is 2.25. The van der Waals surface area contributed by atoms with E-state index >= 15 is 0 Å². The molecule has 2 aromatic rings. The Hall–Kier alpha value is -1.95. The largest absolute Gasteiger partial charge is 0.387 e. The summed E-state index contributed by atoms with van der Waals surface area (Å²) in [7, 11) is 0. The molecule has 1 aliphatic heterocycles. The zero-order valence-corrected chi connectivity index (χ0v) is 9.78. The molecule has 6 heteroatoms. The highest BCUT2D eigenvalue weighted by Gasteiger charge is 2.26. The van der Waals surface area contributed by atoms with E-state index in [0.717, 1.165) is 11.5 Å². The lowest BCUT2D eigenvalue weighted by Crippen LogP contribution is -2.26. The van der Waals surface area contributed by atoms with E-state index in [1.807, 2.05) is 24.3 Å². The van der Waals surface area contributed by atoms with Crippen molar-refractivity contribution in [3.05, 3.63) is 41.1 Å². The SMILES string of the molecule is Nc1snnc1C(=O)N1Cc2ccccc2C1. The van der Waals surface area contributed by atoms with Crippen LogP contribution in [0.2, 0.25) is 0 Å². The van der Waals surface area contributed by atoms with Crippen molar-refractivity contribution in [1.29, 1.82) is 0 Å². The molecule has 0 bridgehead atoms. The lowest BCUT2D eigenvalue weighted by molar-refractivity contribution is 0.0746. The summed E-state index contributed by atoms with van der Waals surface area (Å²) in [4.78, 5) is 13.9. The molecule has 0 saturated heterocycles. The standard InChI is InChI=1S/C11H10N4OS/c12-10-9(13-14-17-10)11(16)15-5-7-3-1-2-4-8(7)6-15/h1-4H,5-6,12H2. The second kappa shape index (κ2) is 3.81. The zero-order chi connectivity index (χ0) is 11.8. The van der Waals surface area contributed by atoms with Crippen LogP contribution in [0.4, 0.5) is 5.00 Å². The molecule has 17 heavy (non-hydrogen) atoms. The molecular formula is C11H10N4OS. The van der Waals surface area contributed by atoms with Gasteiger partial charge in [0.25, 0.3) is 5.91 Å². The van der Waals surface area contributed by atoms with Crippen LogP contribution in [0.15, 0.2) is 24.3 Å². The molecule has 0 atom stereocenters. The van der Waals surface area contributed by atoms with Crippen LogP contribution in [0, 0.1) is 0 Å². The van der Waals surface area contributed by atoms with Gasteiger partial charge in [-0.1, -0.05) is 28.8 Å². The number of hydrogen-bond donors (Lipinski definition) is 1. The van der Waals surface area contributed by atoms with E-state index in [2.05, 4.69) is 9.59 Å². The van der Waals surface area contributed by atoms with Gasteiger partial charge in [-0.3, -0.25) is 4.79 Å². The highest BCUT2D eigenvalue weighted by molar-refractivity contribution is 7.10. The van der Waals surface area contributed by atoms with Crippen molar-refractivity contribution >= 4 is 22.4 Å². The minimum absolute atomic E-state index is 0.146. The number of benzene rings is 1. The Balaban J connectivity index is 1.86. The number of amides is 1. The van der Waals surface area contributed by atoms with Crippen LogP contribution in [0.3, 0.4) is 0 Å². The van der Waals surface area contributed by atoms with Crippen LogP contribution in [0.5, 0.6) is 0 Å². The third-order valence-electron chi connectivity index (χ3n) is 2.84. The number of anilines is 1. The van der Waals surface area contributed by atoms with Gasteiger partial charge in [-0.2, -0.15) is 0 Å². The van der Waals surface area contributed by atoms with Gasteiger partial charge in [-0.25, -0.2) is 0 Å². The smallest absolute Gasteiger partial charge is 0.278 e. The number of nitrogens with zero attached hydrogens (tertiary/aromatic N) is 3. The summed E-state index contributed by atoms with van der Waals surface area (Å²) in [5.74, 6) is -0.146. The van der Waals surface area contributed by atoms with Gasteiger partial charge in [0.15, 0.2) is 5.69 Å². The average molecular weight is 246 g/mol. The number of fused-ring (bicyclic) bond motifs is 1. The third-order valence-corrected chi connectivity index (χ3v) is 3.40. The maximum atomic E-state index is 12.1. The molecule has 1 aliphatic rings. The number of nitrogen functional groups attached to an aromatic ring is 1. The van der Waals surface area contributed by atoms with Gasteiger partial charge in [0, 0.05) is 24.6 Å². The number of nitrogens with two attached hydrogens (primary N) is 1. The molecule has 0 aliphatic carbocycles. The Morgan fingerprint density at radius 2 is 1.94 bits per heavy atom. The van der Waals surface area contributed by atoms with E-state index in [4.69, 9.17) is 5.73 Å². The molecule has 0 spiro atoms. The van der Waals surface area contributed by atoms with E-state index in [-0.39, 0.29) is 11.6 Å². The van der Waals surface area contributed by atoms with Crippen molar-refractivity contribution < 1.29 is 4.79 Å². The van der Waals surface area contributed by atoms with Crippen molar-refractivity contribution in [3.63, 3.8) is 0 Å². The molecule has 86 valence electrons. The van der Waals surface area contributed by atoms with E-state index in [9.17, 15) is 4.79 Å². The van der Waals surface area contributed by atoms with Crippen LogP contribution in [-0.2, 0) is 13.1 Å². The van der Waals surface area contributed by atoms with E-state index in [1.54, 1.807) is 4.90 Å². The number of carbonyl (C=O) groups excluding carboxylic acids is 1. The topological polar surface area (TPSA) is 72.1 Å². The highest BCUT2D eigenvalue weighted by atomic mass is 32.1. The maximum Gasteiger partial charge on any atom is 0.278 e. The quantitative estimate of drug-likeness (QED) is 0.822. The molecule has 0 radical (unpaired) electrons. The van der Waals surface area contributed by atoms with Gasteiger partial charge < -0.3 is 10.6 Å². The van der Waals surface area contributed by atoms with Crippen molar-refractivity contribution in [2.24, 2.45) is 0 Å². The van der Waals surface area contributed by atoms with Crippen LogP contribution in [-0.4, -0.2) is 20.4 Å². The molecule has 5 nitrogen and oxygen atoms in total. The predicted molar refractivity (Wildman–Crippen MR) is 64.3 cm³/mol. The van der Waals surface area contributed by atoms with Crippen molar-refractivity contribution in [1.82, 2.24) is 14.5 Å². The molecule has 2 N–H and O–H groups in total. The van der Waals surface area contributed by atoms with Gasteiger partial charge in [0.1, 0.15) is 5.00 Å². The Labute approximate surface area is 102 Å². The summed E-state index contributed by atoms with van der Waals surface area (Å²) in [6, 6.07) is 8.02. The maximum absolute atomic E-state index is 12.1. The second-order valence-corrected chi connectivity index (χ2v) is 4.70. The van der Waals surface area contributed by atoms with Gasteiger partial charge in [0.2, 0.25) is 0 Å². The van der Waals surface area contributed by atoms with Crippen LogP contribution < -0.4 is 5.73 Å². The average Bonchev–Trinajstić information content (AvgIpc) is 2.93. The van der Waals surface area contributed by atoms with Gasteiger partial charge in [0.05, 0.1) is 0 Å². The minimum atomic E-state index is -0.146. The normalized spacial score (nSPS) is 13.8. The molecular weight excluding hydrogens is 236 g/mol. The molecule has 0 saturated carbocycles. The van der Waals surface area contributed by atoms with E-state index in [0.29, 0.717) is 18.1 Å². The summed E-state index contributed by atoms with van der Waals surface area (Å²) >= 11 is 1.04. The minimum Gasteiger partial charge on any atom is -0.387 e. The van der Waals surface area contributed by atoms with E-state index < -0.39 is 0 Å². The van der Waals surface area contributed by atoms with Gasteiger partial charge in [-0.15, -0.1) is 5.10 Å². The van der Waals surface area contributed by atoms with Crippen LogP contribution in [0.25, 0.3) is 0 Å². The molecule has 1 amide bonds. The molecule has 2 heterocycles. The van der Waals surface area contributed by atoms with Crippen LogP contribution in [0.1, 0.15) is 21.6 Å². The Morgan fingerprint density at radius 3 is 2.47 bits per heavy atom. The summed E-state index contributed by atoms with van der Waals surface area (Å²) in [6.07, 6.45) is 0. The lowest BCUT2D eigenvalue weighted by Gasteiger charge is -2.13. The van der Waals surface area contributed by atoms with Crippen molar-refractivity contribution in [2.45, 2.75) is 13.1 Å². The predicted octanol–water partition coefficient (Wildman–Crippen LogP) is 1.28. The monoisotopic (exact) mass is 246 g/mol. The Kier molecular flexibility index (Phi) is 2.29. The second-order valence-electron chi connectivity index (χ2n) is 3.92. The zero-order valence-electron chi connectivity index (χ0n) is 8.96. The fraction of sp³-hybridized carbons (Fsp3) is 0.182. The van der Waals surface area contributed by atoms with Crippen molar-refractivity contribution in [3.8, 4) is 0 Å². The summed E-state index contributed by atoms with van der Waals surface area (Å²) in [5, 5.41) is 4.16. The molecule has 0 unspecified atom stereocenters. The summed E-state index contributed by atoms with van der Waals surface area (Å²) < 4.78 is 3.68. The molecule has 1 aromatic heterocycles. The number of aromatic nitrogens is 2. The Morgan fingerprint density at radius 1 is 1.29 bits per heavy atom. The van der Waals surface area contributed by atoms with Gasteiger partial charge in [-0.05, 0) is 11.1 Å². The Bertz CT molecular complexity index is 555. The first kappa shape index (κ1) is 10.2. The van der Waals surface area contributed by atoms with Crippen molar-refractivity contribution in [2.75, 3.05) is 5.73 Å². The number of rotatable bonds is 1. The molecule has 1 aromatic carbocycles. The molecule has 3 rings (SSSR count). The number of hydrogen-bond acceptors (Lipinski definition) is 5. The van der Waals surface area contributed by atoms with Crippen LogP contribution >= 0.6 is 11.5 Å². The first-order valence-corrected chi connectivity index (χ1v) is 5.97. The third kappa shape index (κ3) is 1.66.